The average molecular weight is 405 g/mol. The number of nitrogens with one attached hydrogen (secondary N) is 1. The zero-order valence-electron chi connectivity index (χ0n) is 12.2. The summed E-state index contributed by atoms with van der Waals surface area (Å²) in [5.41, 5.74) is -0.981. The molecule has 0 spiro atoms. The Morgan fingerprint density at radius 3 is 2.84 bits per heavy atom. The van der Waals surface area contributed by atoms with Crippen molar-refractivity contribution in [3.63, 3.8) is 0 Å². The number of carbonyl (C=O) groups excluding carboxylic acids is 1. The maximum atomic E-state index is 12.6. The Morgan fingerprint density at radius 2 is 2.12 bits per heavy atom. The van der Waals surface area contributed by atoms with Crippen LogP contribution in [0.15, 0.2) is 35.1 Å². The number of halogens is 4. The summed E-state index contributed by atoms with van der Waals surface area (Å²) in [6.45, 7) is 0. The van der Waals surface area contributed by atoms with E-state index in [0.29, 0.717) is 11.2 Å². The number of hydrogen-bond donors (Lipinski definition) is 1. The highest BCUT2D eigenvalue weighted by atomic mass is 35.5. The van der Waals surface area contributed by atoms with E-state index in [1.807, 2.05) is 11.4 Å². The number of pyridine rings is 1. The quantitative estimate of drug-likeness (QED) is 0.512. The SMILES string of the molecule is O=C(CSc1ncnc2sccc12)Nc1ncc(C(F)(F)F)cc1Cl. The molecule has 130 valence electrons. The second-order valence-corrected chi connectivity index (χ2v) is 6.97. The average Bonchev–Trinajstić information content (AvgIpc) is 3.03. The highest BCUT2D eigenvalue weighted by Crippen LogP contribution is 2.32. The Hall–Kier alpha value is -1.91. The monoisotopic (exact) mass is 404 g/mol. The summed E-state index contributed by atoms with van der Waals surface area (Å²) < 4.78 is 37.7. The number of alkyl halides is 3. The summed E-state index contributed by atoms with van der Waals surface area (Å²) in [7, 11) is 0. The van der Waals surface area contributed by atoms with Gasteiger partial charge >= 0.3 is 6.18 Å². The van der Waals surface area contributed by atoms with Crippen LogP contribution in [0.2, 0.25) is 5.02 Å². The molecule has 0 aliphatic heterocycles. The number of rotatable bonds is 4. The first kappa shape index (κ1) is 17.9. The lowest BCUT2D eigenvalue weighted by Gasteiger charge is -2.10. The van der Waals surface area contributed by atoms with E-state index in [1.165, 1.54) is 29.4 Å². The summed E-state index contributed by atoms with van der Waals surface area (Å²) in [4.78, 5) is 24.6. The molecule has 0 radical (unpaired) electrons. The molecule has 0 saturated heterocycles. The maximum Gasteiger partial charge on any atom is 0.417 e. The predicted molar refractivity (Wildman–Crippen MR) is 91.0 cm³/mol. The summed E-state index contributed by atoms with van der Waals surface area (Å²) in [5.74, 6) is -0.578. The first-order chi connectivity index (χ1) is 11.8. The molecule has 0 atom stereocenters. The van der Waals surface area contributed by atoms with Crippen LogP contribution in [0.1, 0.15) is 5.56 Å². The lowest BCUT2D eigenvalue weighted by molar-refractivity contribution is -0.137. The lowest BCUT2D eigenvalue weighted by Crippen LogP contribution is -2.16. The van der Waals surface area contributed by atoms with Gasteiger partial charge in [0.25, 0.3) is 0 Å². The van der Waals surface area contributed by atoms with E-state index in [4.69, 9.17) is 11.6 Å². The van der Waals surface area contributed by atoms with E-state index >= 15 is 0 Å². The second-order valence-electron chi connectivity index (χ2n) is 4.71. The highest BCUT2D eigenvalue weighted by molar-refractivity contribution is 8.00. The topological polar surface area (TPSA) is 67.8 Å². The Bertz CT molecular complexity index is 932. The molecule has 25 heavy (non-hydrogen) atoms. The maximum absolute atomic E-state index is 12.6. The van der Waals surface area contributed by atoms with Crippen molar-refractivity contribution in [2.24, 2.45) is 0 Å². The summed E-state index contributed by atoms with van der Waals surface area (Å²) in [6, 6.07) is 2.57. The molecule has 3 heterocycles. The molecule has 1 amide bonds. The van der Waals surface area contributed by atoms with Crippen LogP contribution < -0.4 is 5.32 Å². The summed E-state index contributed by atoms with van der Waals surface area (Å²) >= 11 is 8.40. The Morgan fingerprint density at radius 1 is 1.32 bits per heavy atom. The van der Waals surface area contributed by atoms with Crippen LogP contribution in [-0.4, -0.2) is 26.6 Å². The van der Waals surface area contributed by atoms with Gasteiger partial charge in [0.15, 0.2) is 5.82 Å². The predicted octanol–water partition coefficient (Wildman–Crippen LogP) is 4.49. The van der Waals surface area contributed by atoms with Gasteiger partial charge in [-0.1, -0.05) is 23.4 Å². The van der Waals surface area contributed by atoms with Gasteiger partial charge in [-0.2, -0.15) is 13.2 Å². The second kappa shape index (κ2) is 7.14. The molecule has 0 aromatic carbocycles. The smallest absolute Gasteiger partial charge is 0.309 e. The Kier molecular flexibility index (Phi) is 5.11. The molecule has 3 aromatic heterocycles. The van der Waals surface area contributed by atoms with Crippen LogP contribution in [0.25, 0.3) is 10.2 Å². The number of amides is 1. The van der Waals surface area contributed by atoms with Crippen molar-refractivity contribution >= 4 is 56.6 Å². The molecule has 0 unspecified atom stereocenters. The van der Waals surface area contributed by atoms with Crippen molar-refractivity contribution in [3.05, 3.63) is 40.6 Å². The van der Waals surface area contributed by atoms with E-state index in [2.05, 4.69) is 20.3 Å². The number of thiophene rings is 1. The molecule has 0 saturated carbocycles. The fraction of sp³-hybridized carbons (Fsp3) is 0.143. The van der Waals surface area contributed by atoms with Gasteiger partial charge < -0.3 is 5.32 Å². The van der Waals surface area contributed by atoms with Gasteiger partial charge in [0.2, 0.25) is 5.91 Å². The van der Waals surface area contributed by atoms with Crippen LogP contribution in [0, 0.1) is 0 Å². The van der Waals surface area contributed by atoms with Gasteiger partial charge in [-0.3, -0.25) is 4.79 Å². The summed E-state index contributed by atoms with van der Waals surface area (Å²) in [5, 5.41) is 5.47. The van der Waals surface area contributed by atoms with Crippen LogP contribution >= 0.6 is 34.7 Å². The number of anilines is 1. The first-order valence-electron chi connectivity index (χ1n) is 6.68. The van der Waals surface area contributed by atoms with Crippen LogP contribution in [0.3, 0.4) is 0 Å². The third kappa shape index (κ3) is 4.20. The molecule has 1 N–H and O–H groups in total. The zero-order chi connectivity index (χ0) is 18.0. The van der Waals surface area contributed by atoms with Gasteiger partial charge in [-0.05, 0) is 17.5 Å². The van der Waals surface area contributed by atoms with E-state index in [1.54, 1.807) is 0 Å². The van der Waals surface area contributed by atoms with E-state index < -0.39 is 17.6 Å². The molecule has 0 fully saturated rings. The number of hydrogen-bond acceptors (Lipinski definition) is 6. The van der Waals surface area contributed by atoms with E-state index in [-0.39, 0.29) is 16.6 Å². The van der Waals surface area contributed by atoms with Gasteiger partial charge in [-0.25, -0.2) is 15.0 Å². The fourth-order valence-corrected chi connectivity index (χ4v) is 3.66. The number of fused-ring (bicyclic) bond motifs is 1. The third-order valence-corrected chi connectivity index (χ3v) is 5.11. The van der Waals surface area contributed by atoms with Gasteiger partial charge in [0.05, 0.1) is 16.3 Å². The van der Waals surface area contributed by atoms with Crippen LogP contribution in [0.5, 0.6) is 0 Å². The molecule has 3 rings (SSSR count). The van der Waals surface area contributed by atoms with Crippen molar-refractivity contribution in [2.45, 2.75) is 11.2 Å². The van der Waals surface area contributed by atoms with Gasteiger partial charge in [-0.15, -0.1) is 11.3 Å². The number of thioether (sulfide) groups is 1. The molecule has 11 heteroatoms. The molecule has 0 aliphatic carbocycles. The minimum Gasteiger partial charge on any atom is -0.309 e. The lowest BCUT2D eigenvalue weighted by atomic mass is 10.3. The normalized spacial score (nSPS) is 11.7. The number of carbonyl (C=O) groups is 1. The van der Waals surface area contributed by atoms with Gasteiger partial charge in [0.1, 0.15) is 16.2 Å². The fourth-order valence-electron chi connectivity index (χ4n) is 1.87. The van der Waals surface area contributed by atoms with Crippen molar-refractivity contribution < 1.29 is 18.0 Å². The molecule has 5 nitrogen and oxygen atoms in total. The zero-order valence-corrected chi connectivity index (χ0v) is 14.6. The minimum atomic E-state index is -4.55. The largest absolute Gasteiger partial charge is 0.417 e. The molecule has 0 bridgehead atoms. The number of aromatic nitrogens is 3. The molecular weight excluding hydrogens is 397 g/mol. The van der Waals surface area contributed by atoms with Crippen molar-refractivity contribution in [2.75, 3.05) is 11.1 Å². The van der Waals surface area contributed by atoms with Gasteiger partial charge in [0, 0.05) is 11.6 Å². The van der Waals surface area contributed by atoms with Crippen molar-refractivity contribution in [1.29, 1.82) is 0 Å². The summed E-state index contributed by atoms with van der Waals surface area (Å²) in [6.07, 6.45) is -2.52. The van der Waals surface area contributed by atoms with Crippen LogP contribution in [0.4, 0.5) is 19.0 Å². The Balaban J connectivity index is 1.66. The van der Waals surface area contributed by atoms with Crippen molar-refractivity contribution in [1.82, 2.24) is 15.0 Å². The molecule has 3 aromatic rings. The molecule has 0 aliphatic rings. The highest BCUT2D eigenvalue weighted by Gasteiger charge is 2.31. The van der Waals surface area contributed by atoms with E-state index in [0.717, 1.165) is 16.3 Å². The Labute approximate surface area is 152 Å². The van der Waals surface area contributed by atoms with Crippen LogP contribution in [-0.2, 0) is 11.0 Å². The standard InChI is InChI=1S/C14H8ClF3N4OS2/c15-9-3-7(14(16,17)18)4-19-11(9)22-10(23)5-25-13-8-1-2-24-12(8)20-6-21-13/h1-4,6H,5H2,(H,19,22,23). The number of nitrogens with zero attached hydrogens (tertiary/aromatic N) is 3. The third-order valence-electron chi connectivity index (χ3n) is 2.99. The minimum absolute atomic E-state index is 0.000983. The van der Waals surface area contributed by atoms with E-state index in [9.17, 15) is 18.0 Å². The van der Waals surface area contributed by atoms with Crippen molar-refractivity contribution in [3.8, 4) is 0 Å². The molecular formula is C14H8ClF3N4OS2. The first-order valence-corrected chi connectivity index (χ1v) is 8.92.